The second kappa shape index (κ2) is 9.80. The topological polar surface area (TPSA) is 50.5 Å². The minimum Gasteiger partial charge on any atom is -0.456 e. The van der Waals surface area contributed by atoms with Crippen LogP contribution in [-0.2, 0) is 10.0 Å². The molecule has 0 N–H and O–H groups in total. The number of furan rings is 1. The van der Waals surface area contributed by atoms with Gasteiger partial charge in [-0.25, -0.2) is 8.42 Å². The third-order valence-corrected chi connectivity index (χ3v) is 5.95. The zero-order valence-electron chi connectivity index (χ0n) is 16.1. The molecule has 1 aliphatic carbocycles. The summed E-state index contributed by atoms with van der Waals surface area (Å²) in [6, 6.07) is 10.2. The summed E-state index contributed by atoms with van der Waals surface area (Å²) in [6.45, 7) is 1.98. The minimum atomic E-state index is -3.72. The SMILES string of the molecule is Cc1ccc(S(=O)(=O)N(CC#Cc2ccco2)CC#CC2C=CC=CC=C2)cc1. The van der Waals surface area contributed by atoms with Crippen molar-refractivity contribution in [1.29, 1.82) is 0 Å². The lowest BCUT2D eigenvalue weighted by atomic mass is 10.1. The van der Waals surface area contributed by atoms with E-state index in [1.54, 1.807) is 36.4 Å². The van der Waals surface area contributed by atoms with Gasteiger partial charge < -0.3 is 4.42 Å². The maximum absolute atomic E-state index is 13.1. The first-order valence-corrected chi connectivity index (χ1v) is 10.6. The number of rotatable bonds is 4. The number of hydrogen-bond acceptors (Lipinski definition) is 3. The fraction of sp³-hybridized carbons (Fsp3) is 0.167. The molecule has 5 heteroatoms. The first-order valence-electron chi connectivity index (χ1n) is 9.15. The largest absolute Gasteiger partial charge is 0.456 e. The van der Waals surface area contributed by atoms with E-state index < -0.39 is 10.0 Å². The van der Waals surface area contributed by atoms with Gasteiger partial charge in [0, 0.05) is 0 Å². The van der Waals surface area contributed by atoms with Crippen molar-refractivity contribution in [1.82, 2.24) is 4.31 Å². The van der Waals surface area contributed by atoms with Gasteiger partial charge in [-0.1, -0.05) is 71.9 Å². The average molecular weight is 404 g/mol. The molecule has 146 valence electrons. The van der Waals surface area contributed by atoms with E-state index in [1.165, 1.54) is 10.6 Å². The highest BCUT2D eigenvalue weighted by Crippen LogP contribution is 2.16. The van der Waals surface area contributed by atoms with Crippen LogP contribution in [0.2, 0.25) is 0 Å². The molecule has 0 unspecified atom stereocenters. The summed E-state index contributed by atoms with van der Waals surface area (Å²) in [4.78, 5) is 0.225. The quantitative estimate of drug-likeness (QED) is 0.727. The van der Waals surface area contributed by atoms with Crippen LogP contribution in [0, 0.1) is 36.5 Å². The summed E-state index contributed by atoms with van der Waals surface area (Å²) in [7, 11) is -3.72. The Morgan fingerprint density at radius 1 is 0.966 bits per heavy atom. The molecule has 29 heavy (non-hydrogen) atoms. The average Bonchev–Trinajstić information content (AvgIpc) is 3.09. The fourth-order valence-corrected chi connectivity index (χ4v) is 3.80. The second-order valence-electron chi connectivity index (χ2n) is 6.37. The van der Waals surface area contributed by atoms with Crippen LogP contribution in [0.3, 0.4) is 0 Å². The molecule has 2 aromatic rings. The third-order valence-electron chi connectivity index (χ3n) is 4.14. The van der Waals surface area contributed by atoms with Gasteiger partial charge in [-0.3, -0.25) is 0 Å². The zero-order chi connectivity index (χ0) is 20.5. The summed E-state index contributed by atoms with van der Waals surface area (Å²) >= 11 is 0. The lowest BCUT2D eigenvalue weighted by molar-refractivity contribution is 0.481. The van der Waals surface area contributed by atoms with E-state index >= 15 is 0 Å². The minimum absolute atomic E-state index is 0.0174. The van der Waals surface area contributed by atoms with Crippen LogP contribution in [0.15, 0.2) is 88.4 Å². The summed E-state index contributed by atoms with van der Waals surface area (Å²) in [5.74, 6) is 12.2. The van der Waals surface area contributed by atoms with Gasteiger partial charge in [0.05, 0.1) is 30.2 Å². The number of sulfonamides is 1. The summed E-state index contributed by atoms with van der Waals surface area (Å²) in [6.07, 6.45) is 13.2. The fourth-order valence-electron chi connectivity index (χ4n) is 2.56. The predicted molar refractivity (Wildman–Crippen MR) is 114 cm³/mol. The van der Waals surface area contributed by atoms with Crippen LogP contribution in [0.1, 0.15) is 11.3 Å². The number of benzene rings is 1. The number of aryl methyl sites for hydroxylation is 1. The smallest absolute Gasteiger partial charge is 0.244 e. The standard InChI is InChI=1S/C24H21NO3S/c1-21-14-16-24(17-15-21)29(26,27)25(19-7-12-23-13-8-20-28-23)18-6-11-22-9-4-2-3-5-10-22/h2-5,8-10,13-17,20,22H,18-19H2,1H3. The van der Waals surface area contributed by atoms with Gasteiger partial charge in [0.2, 0.25) is 10.0 Å². The molecule has 0 radical (unpaired) electrons. The van der Waals surface area contributed by atoms with Gasteiger partial charge in [0.1, 0.15) is 0 Å². The second-order valence-corrected chi connectivity index (χ2v) is 8.30. The van der Waals surface area contributed by atoms with Crippen molar-refractivity contribution < 1.29 is 12.8 Å². The molecule has 0 fully saturated rings. The predicted octanol–water partition coefficient (Wildman–Crippen LogP) is 3.93. The lowest BCUT2D eigenvalue weighted by Gasteiger charge is -2.17. The van der Waals surface area contributed by atoms with Crippen molar-refractivity contribution in [3.8, 4) is 23.7 Å². The van der Waals surface area contributed by atoms with E-state index in [-0.39, 0.29) is 23.9 Å². The van der Waals surface area contributed by atoms with Gasteiger partial charge in [-0.2, -0.15) is 4.31 Å². The highest BCUT2D eigenvalue weighted by Gasteiger charge is 2.23. The Kier molecular flexibility index (Phi) is 6.92. The van der Waals surface area contributed by atoms with E-state index in [2.05, 4.69) is 23.7 Å². The Labute approximate surface area is 172 Å². The molecule has 0 saturated heterocycles. The van der Waals surface area contributed by atoms with E-state index in [4.69, 9.17) is 4.42 Å². The maximum Gasteiger partial charge on any atom is 0.244 e. The highest BCUT2D eigenvalue weighted by atomic mass is 32.2. The van der Waals surface area contributed by atoms with Crippen molar-refractivity contribution in [2.75, 3.05) is 13.1 Å². The number of hydrogen-bond donors (Lipinski definition) is 0. The molecule has 0 saturated carbocycles. The van der Waals surface area contributed by atoms with E-state index in [0.717, 1.165) is 5.56 Å². The van der Waals surface area contributed by atoms with Gasteiger partial charge in [0.15, 0.2) is 5.76 Å². The maximum atomic E-state index is 13.1. The Bertz CT molecular complexity index is 1110. The summed E-state index contributed by atoms with van der Waals surface area (Å²) < 4.78 is 32.7. The summed E-state index contributed by atoms with van der Waals surface area (Å²) in [5, 5.41) is 0. The lowest BCUT2D eigenvalue weighted by Crippen LogP contribution is -2.32. The normalized spacial score (nSPS) is 13.4. The van der Waals surface area contributed by atoms with Crippen LogP contribution >= 0.6 is 0 Å². The van der Waals surface area contributed by atoms with Crippen LogP contribution in [-0.4, -0.2) is 25.8 Å². The van der Waals surface area contributed by atoms with E-state index in [0.29, 0.717) is 5.76 Å². The first kappa shape index (κ1) is 20.5. The zero-order valence-corrected chi connectivity index (χ0v) is 16.9. The summed E-state index contributed by atoms with van der Waals surface area (Å²) in [5.41, 5.74) is 0.994. The Hall–Kier alpha value is -3.25. The molecule has 3 rings (SSSR count). The molecule has 4 nitrogen and oxygen atoms in total. The molecule has 0 spiro atoms. The van der Waals surface area contributed by atoms with Crippen LogP contribution < -0.4 is 0 Å². The molecule has 1 aromatic carbocycles. The Balaban J connectivity index is 1.82. The van der Waals surface area contributed by atoms with Gasteiger partial charge >= 0.3 is 0 Å². The molecule has 1 aromatic heterocycles. The van der Waals surface area contributed by atoms with Crippen LogP contribution in [0.5, 0.6) is 0 Å². The van der Waals surface area contributed by atoms with Crippen molar-refractivity contribution in [2.24, 2.45) is 5.92 Å². The van der Waals surface area contributed by atoms with Crippen molar-refractivity contribution in [3.05, 3.63) is 90.4 Å². The molecule has 0 amide bonds. The van der Waals surface area contributed by atoms with Crippen molar-refractivity contribution in [2.45, 2.75) is 11.8 Å². The molecule has 1 heterocycles. The Morgan fingerprint density at radius 3 is 2.31 bits per heavy atom. The monoisotopic (exact) mass is 403 g/mol. The Morgan fingerprint density at radius 2 is 1.66 bits per heavy atom. The van der Waals surface area contributed by atoms with E-state index in [9.17, 15) is 8.42 Å². The van der Waals surface area contributed by atoms with Gasteiger partial charge in [0.25, 0.3) is 0 Å². The number of allylic oxidation sites excluding steroid dienone is 6. The molecular formula is C24H21NO3S. The molecule has 0 bridgehead atoms. The van der Waals surface area contributed by atoms with E-state index in [1.807, 2.05) is 43.4 Å². The third kappa shape index (κ3) is 5.86. The van der Waals surface area contributed by atoms with Crippen LogP contribution in [0.4, 0.5) is 0 Å². The molecule has 0 atom stereocenters. The van der Waals surface area contributed by atoms with Crippen molar-refractivity contribution >= 4 is 10.0 Å². The number of nitrogens with zero attached hydrogens (tertiary/aromatic N) is 1. The van der Waals surface area contributed by atoms with Gasteiger partial charge in [-0.05, 0) is 37.1 Å². The van der Waals surface area contributed by atoms with Crippen molar-refractivity contribution in [3.63, 3.8) is 0 Å². The van der Waals surface area contributed by atoms with Gasteiger partial charge in [-0.15, -0.1) is 0 Å². The highest BCUT2D eigenvalue weighted by molar-refractivity contribution is 7.89. The first-order chi connectivity index (χ1) is 14.1. The molecule has 1 aliphatic rings. The molecular weight excluding hydrogens is 382 g/mol. The van der Waals surface area contributed by atoms with Crippen LogP contribution in [0.25, 0.3) is 0 Å². The molecule has 0 aliphatic heterocycles.